The Hall–Kier alpha value is -3.20. The zero-order valence-electron chi connectivity index (χ0n) is 14.4. The van der Waals surface area contributed by atoms with Gasteiger partial charge in [-0.05, 0) is 47.5 Å². The molecule has 0 unspecified atom stereocenters. The van der Waals surface area contributed by atoms with Crippen LogP contribution in [0.15, 0.2) is 84.7 Å². The van der Waals surface area contributed by atoms with Gasteiger partial charge in [-0.1, -0.05) is 54.6 Å². The zero-order valence-corrected chi connectivity index (χ0v) is 14.4. The fraction of sp³-hybridized carbons (Fsp3) is 0.0909. The third kappa shape index (κ3) is 6.43. The summed E-state index contributed by atoms with van der Waals surface area (Å²) >= 11 is 0. The first-order chi connectivity index (χ1) is 12.2. The number of aliphatic hydroxyl groups is 1. The van der Waals surface area contributed by atoms with E-state index in [1.54, 1.807) is 32.4 Å². The molecule has 128 valence electrons. The van der Waals surface area contributed by atoms with Gasteiger partial charge in [0.1, 0.15) is 17.3 Å². The number of aliphatic hydroxyl groups excluding tert-OH is 1. The molecule has 0 amide bonds. The third-order valence-electron chi connectivity index (χ3n) is 3.44. The minimum absolute atomic E-state index is 0.189. The average molecular weight is 334 g/mol. The summed E-state index contributed by atoms with van der Waals surface area (Å²) in [6, 6.07) is 15.3. The Balaban J connectivity index is 1.86. The minimum atomic E-state index is 0.189. The summed E-state index contributed by atoms with van der Waals surface area (Å²) in [5.74, 6) is 1.82. The Kier molecular flexibility index (Phi) is 7.13. The predicted octanol–water partition coefficient (Wildman–Crippen LogP) is 5.43. The smallest absolute Gasteiger partial charge is 0.118 e. The molecule has 0 aromatic heterocycles. The molecule has 0 saturated carbocycles. The first-order valence-corrected chi connectivity index (χ1v) is 7.91. The van der Waals surface area contributed by atoms with Gasteiger partial charge in [-0.15, -0.1) is 0 Å². The van der Waals surface area contributed by atoms with Gasteiger partial charge in [-0.2, -0.15) is 0 Å². The first-order valence-electron chi connectivity index (χ1n) is 7.91. The van der Waals surface area contributed by atoms with Gasteiger partial charge in [0.15, 0.2) is 0 Å². The van der Waals surface area contributed by atoms with Crippen molar-refractivity contribution < 1.29 is 14.6 Å². The van der Waals surface area contributed by atoms with E-state index in [4.69, 9.17) is 9.47 Å². The largest absolute Gasteiger partial charge is 0.508 e. The van der Waals surface area contributed by atoms with Gasteiger partial charge in [-0.3, -0.25) is 0 Å². The molecule has 2 aromatic rings. The van der Waals surface area contributed by atoms with E-state index in [0.29, 0.717) is 0 Å². The summed E-state index contributed by atoms with van der Waals surface area (Å²) in [5, 5.41) is 9.89. The summed E-state index contributed by atoms with van der Waals surface area (Å²) in [4.78, 5) is 0. The van der Waals surface area contributed by atoms with Crippen molar-refractivity contribution in [1.82, 2.24) is 0 Å². The molecule has 0 aliphatic heterocycles. The molecule has 0 saturated heterocycles. The fourth-order valence-corrected chi connectivity index (χ4v) is 2.08. The highest BCUT2D eigenvalue weighted by atomic mass is 16.5. The molecule has 0 aliphatic rings. The van der Waals surface area contributed by atoms with Crippen LogP contribution in [0.1, 0.15) is 11.1 Å². The second-order valence-electron chi connectivity index (χ2n) is 5.22. The normalized spacial score (nSPS) is 12.3. The Labute approximate surface area is 148 Å². The van der Waals surface area contributed by atoms with Crippen molar-refractivity contribution in [3.63, 3.8) is 0 Å². The summed E-state index contributed by atoms with van der Waals surface area (Å²) in [6.07, 6.45) is 12.8. The van der Waals surface area contributed by atoms with Crippen LogP contribution in [0.3, 0.4) is 0 Å². The summed E-state index contributed by atoms with van der Waals surface area (Å²) in [7, 11) is 3.28. The molecule has 0 radical (unpaired) electrons. The standard InChI is InChI=1S/C22H22O3/c1-24-21-13-9-18(10-14-21)7-5-3-4-6-8-20(23)17-19-11-15-22(25-2)16-12-19/h3-17,23H,1-2H3. The molecular weight excluding hydrogens is 312 g/mol. The van der Waals surface area contributed by atoms with Gasteiger partial charge in [-0.25, -0.2) is 0 Å². The maximum absolute atomic E-state index is 9.89. The van der Waals surface area contributed by atoms with Gasteiger partial charge in [0.2, 0.25) is 0 Å². The Morgan fingerprint density at radius 1 is 0.720 bits per heavy atom. The van der Waals surface area contributed by atoms with E-state index in [9.17, 15) is 5.11 Å². The second kappa shape index (κ2) is 9.83. The van der Waals surface area contributed by atoms with Crippen LogP contribution in [0.4, 0.5) is 0 Å². The molecule has 0 heterocycles. The number of rotatable bonds is 7. The van der Waals surface area contributed by atoms with Crippen LogP contribution in [-0.2, 0) is 0 Å². The second-order valence-corrected chi connectivity index (χ2v) is 5.22. The molecule has 3 nitrogen and oxygen atoms in total. The highest BCUT2D eigenvalue weighted by molar-refractivity contribution is 5.55. The van der Waals surface area contributed by atoms with Crippen molar-refractivity contribution in [3.8, 4) is 11.5 Å². The van der Waals surface area contributed by atoms with Crippen LogP contribution in [0.2, 0.25) is 0 Å². The van der Waals surface area contributed by atoms with Crippen molar-refractivity contribution in [2.45, 2.75) is 0 Å². The van der Waals surface area contributed by atoms with Crippen molar-refractivity contribution >= 4 is 12.2 Å². The monoisotopic (exact) mass is 334 g/mol. The average Bonchev–Trinajstić information content (AvgIpc) is 2.65. The summed E-state index contributed by atoms with van der Waals surface area (Å²) < 4.78 is 10.2. The Bertz CT molecular complexity index is 764. The van der Waals surface area contributed by atoms with Gasteiger partial charge in [0, 0.05) is 0 Å². The topological polar surface area (TPSA) is 38.7 Å². The Morgan fingerprint density at radius 3 is 1.80 bits per heavy atom. The number of benzene rings is 2. The van der Waals surface area contributed by atoms with Crippen molar-refractivity contribution in [2.24, 2.45) is 0 Å². The third-order valence-corrected chi connectivity index (χ3v) is 3.44. The molecule has 2 aromatic carbocycles. The maximum Gasteiger partial charge on any atom is 0.118 e. The van der Waals surface area contributed by atoms with E-state index in [1.807, 2.05) is 72.8 Å². The van der Waals surface area contributed by atoms with Crippen LogP contribution in [0.25, 0.3) is 12.2 Å². The SMILES string of the molecule is COc1ccc(C=CC=CC=CC(O)=Cc2ccc(OC)cc2)cc1. The molecule has 0 aliphatic carbocycles. The van der Waals surface area contributed by atoms with Gasteiger partial charge in [0.05, 0.1) is 14.2 Å². The molecule has 0 atom stereocenters. The summed E-state index contributed by atoms with van der Waals surface area (Å²) in [5.41, 5.74) is 2.00. The molecule has 3 heteroatoms. The fourth-order valence-electron chi connectivity index (χ4n) is 2.08. The van der Waals surface area contributed by atoms with Gasteiger partial charge >= 0.3 is 0 Å². The number of hydrogen-bond donors (Lipinski definition) is 1. The van der Waals surface area contributed by atoms with Crippen LogP contribution < -0.4 is 9.47 Å². The van der Waals surface area contributed by atoms with Crippen LogP contribution in [0, 0.1) is 0 Å². The highest BCUT2D eigenvalue weighted by Crippen LogP contribution is 2.14. The van der Waals surface area contributed by atoms with Gasteiger partial charge < -0.3 is 14.6 Å². The lowest BCUT2D eigenvalue weighted by Gasteiger charge is -1.99. The molecular formula is C22H22O3. The van der Waals surface area contributed by atoms with Crippen molar-refractivity contribution in [1.29, 1.82) is 0 Å². The first kappa shape index (κ1) is 18.1. The highest BCUT2D eigenvalue weighted by Gasteiger charge is 1.92. The predicted molar refractivity (Wildman–Crippen MR) is 104 cm³/mol. The van der Waals surface area contributed by atoms with E-state index in [0.717, 1.165) is 22.6 Å². The lowest BCUT2D eigenvalue weighted by Crippen LogP contribution is -1.82. The lowest BCUT2D eigenvalue weighted by molar-refractivity contribution is 0.414. The van der Waals surface area contributed by atoms with Crippen LogP contribution in [-0.4, -0.2) is 19.3 Å². The number of allylic oxidation sites excluding steroid dienone is 5. The molecule has 0 bridgehead atoms. The lowest BCUT2D eigenvalue weighted by atomic mass is 10.2. The minimum Gasteiger partial charge on any atom is -0.508 e. The molecule has 0 fully saturated rings. The van der Waals surface area contributed by atoms with E-state index in [1.165, 1.54) is 0 Å². The van der Waals surface area contributed by atoms with Crippen LogP contribution in [0.5, 0.6) is 11.5 Å². The number of hydrogen-bond acceptors (Lipinski definition) is 3. The van der Waals surface area contributed by atoms with Crippen LogP contribution >= 0.6 is 0 Å². The van der Waals surface area contributed by atoms with E-state index in [-0.39, 0.29) is 5.76 Å². The summed E-state index contributed by atoms with van der Waals surface area (Å²) in [6.45, 7) is 0. The van der Waals surface area contributed by atoms with Crippen molar-refractivity contribution in [2.75, 3.05) is 14.2 Å². The number of ether oxygens (including phenoxy) is 2. The molecule has 0 spiro atoms. The van der Waals surface area contributed by atoms with Crippen molar-refractivity contribution in [3.05, 3.63) is 95.8 Å². The molecule has 1 N–H and O–H groups in total. The quantitative estimate of drug-likeness (QED) is 0.542. The molecule has 2 rings (SSSR count). The number of methoxy groups -OCH3 is 2. The van der Waals surface area contributed by atoms with E-state index < -0.39 is 0 Å². The Morgan fingerprint density at radius 2 is 1.24 bits per heavy atom. The maximum atomic E-state index is 9.89. The zero-order chi connectivity index (χ0) is 17.9. The van der Waals surface area contributed by atoms with Gasteiger partial charge in [0.25, 0.3) is 0 Å². The van der Waals surface area contributed by atoms with E-state index >= 15 is 0 Å². The molecule has 25 heavy (non-hydrogen) atoms. The van der Waals surface area contributed by atoms with E-state index in [2.05, 4.69) is 0 Å².